The van der Waals surface area contributed by atoms with Crippen LogP contribution in [0.3, 0.4) is 0 Å². The molecule has 0 aliphatic rings. The van der Waals surface area contributed by atoms with Crippen molar-refractivity contribution in [3.8, 4) is 0 Å². The van der Waals surface area contributed by atoms with E-state index in [-0.39, 0.29) is 31.1 Å². The maximum atomic E-state index is 12.9. The summed E-state index contributed by atoms with van der Waals surface area (Å²) in [5.74, 6) is -0.848. The van der Waals surface area contributed by atoms with Crippen LogP contribution in [0.2, 0.25) is 0 Å². The van der Waals surface area contributed by atoms with Crippen molar-refractivity contribution in [3.05, 3.63) is 24.3 Å². The summed E-state index contributed by atoms with van der Waals surface area (Å²) in [4.78, 5) is 38.2. The third-order valence-electron chi connectivity index (χ3n) is 14.5. The smallest absolute Gasteiger partial charge is 0.306 e. The summed E-state index contributed by atoms with van der Waals surface area (Å²) < 4.78 is 16.9. The van der Waals surface area contributed by atoms with Gasteiger partial charge in [0, 0.05) is 19.3 Å². The predicted molar refractivity (Wildman–Crippen MR) is 307 cm³/mol. The Balaban J connectivity index is 4.21. The van der Waals surface area contributed by atoms with Crippen LogP contribution < -0.4 is 0 Å². The van der Waals surface area contributed by atoms with Gasteiger partial charge < -0.3 is 14.2 Å². The third kappa shape index (κ3) is 58.7. The molecule has 0 rings (SSSR count). The molecule has 0 saturated heterocycles. The summed E-state index contributed by atoms with van der Waals surface area (Å²) in [6.07, 6.45) is 71.9. The van der Waals surface area contributed by atoms with Crippen LogP contribution in [0.4, 0.5) is 0 Å². The summed E-state index contributed by atoms with van der Waals surface area (Å²) >= 11 is 0. The summed E-state index contributed by atoms with van der Waals surface area (Å²) in [6.45, 7) is 6.68. The Morgan fingerprint density at radius 3 is 0.775 bits per heavy atom. The molecule has 0 aromatic rings. The van der Waals surface area contributed by atoms with Crippen molar-refractivity contribution in [3.63, 3.8) is 0 Å². The van der Waals surface area contributed by atoms with Gasteiger partial charge in [-0.1, -0.05) is 308 Å². The highest BCUT2D eigenvalue weighted by Gasteiger charge is 2.19. The Morgan fingerprint density at radius 1 is 0.282 bits per heavy atom. The van der Waals surface area contributed by atoms with Gasteiger partial charge in [-0.15, -0.1) is 0 Å². The van der Waals surface area contributed by atoms with E-state index in [4.69, 9.17) is 14.2 Å². The standard InChI is InChI=1S/C65H122O6/c1-4-7-10-13-16-19-22-24-26-28-30-32-34-35-37-39-41-43-46-49-52-55-58-64(67)70-61-62(60-69-63(66)57-54-51-48-45-21-18-15-12-9-6-3)71-65(68)59-56-53-50-47-44-42-40-38-36-33-31-29-27-25-23-20-17-14-11-8-5-2/h23,25,29,31,62H,4-22,24,26-28,30,32-61H2,1-3H3/b25-23-,31-29-. The van der Waals surface area contributed by atoms with Crippen LogP contribution in [0.15, 0.2) is 24.3 Å². The largest absolute Gasteiger partial charge is 0.462 e. The van der Waals surface area contributed by atoms with Gasteiger partial charge in [0.2, 0.25) is 0 Å². The number of carbonyl (C=O) groups excluding carboxylic acids is 3. The van der Waals surface area contributed by atoms with Gasteiger partial charge in [-0.3, -0.25) is 14.4 Å². The van der Waals surface area contributed by atoms with Gasteiger partial charge in [0.25, 0.3) is 0 Å². The van der Waals surface area contributed by atoms with E-state index >= 15 is 0 Å². The van der Waals surface area contributed by atoms with E-state index in [1.807, 2.05) is 0 Å². The van der Waals surface area contributed by atoms with E-state index in [1.165, 1.54) is 250 Å². The monoisotopic (exact) mass is 999 g/mol. The minimum absolute atomic E-state index is 0.0671. The zero-order chi connectivity index (χ0) is 51.4. The average Bonchev–Trinajstić information content (AvgIpc) is 3.37. The first kappa shape index (κ1) is 68.9. The second kappa shape index (κ2) is 60.4. The first-order valence-corrected chi connectivity index (χ1v) is 31.8. The normalized spacial score (nSPS) is 12.1. The van der Waals surface area contributed by atoms with Crippen LogP contribution in [0.5, 0.6) is 0 Å². The molecule has 71 heavy (non-hydrogen) atoms. The number of hydrogen-bond donors (Lipinski definition) is 0. The highest BCUT2D eigenvalue weighted by molar-refractivity contribution is 5.71. The fraction of sp³-hybridized carbons (Fsp3) is 0.892. The van der Waals surface area contributed by atoms with E-state index in [0.717, 1.165) is 64.2 Å². The molecule has 0 fully saturated rings. The van der Waals surface area contributed by atoms with Crippen LogP contribution in [-0.2, 0) is 28.6 Å². The van der Waals surface area contributed by atoms with Crippen molar-refractivity contribution < 1.29 is 28.6 Å². The lowest BCUT2D eigenvalue weighted by molar-refractivity contribution is -0.167. The predicted octanol–water partition coefficient (Wildman–Crippen LogP) is 21.4. The lowest BCUT2D eigenvalue weighted by Crippen LogP contribution is -2.30. The first-order valence-electron chi connectivity index (χ1n) is 31.8. The van der Waals surface area contributed by atoms with Gasteiger partial charge in [0.15, 0.2) is 6.10 Å². The molecule has 0 amide bonds. The highest BCUT2D eigenvalue weighted by Crippen LogP contribution is 2.18. The number of esters is 3. The summed E-state index contributed by atoms with van der Waals surface area (Å²) in [7, 11) is 0. The fourth-order valence-corrected chi connectivity index (χ4v) is 9.65. The molecule has 0 bridgehead atoms. The van der Waals surface area contributed by atoms with Crippen LogP contribution in [0, 0.1) is 0 Å². The van der Waals surface area contributed by atoms with E-state index < -0.39 is 6.10 Å². The molecule has 0 aromatic heterocycles. The lowest BCUT2D eigenvalue weighted by Gasteiger charge is -2.18. The Bertz CT molecular complexity index is 1150. The zero-order valence-electron chi connectivity index (χ0n) is 48.0. The lowest BCUT2D eigenvalue weighted by atomic mass is 10.0. The van der Waals surface area contributed by atoms with Crippen molar-refractivity contribution in [1.82, 2.24) is 0 Å². The Labute approximate surface area is 443 Å². The molecule has 0 aliphatic heterocycles. The van der Waals surface area contributed by atoms with Gasteiger partial charge in [0.1, 0.15) is 13.2 Å². The first-order chi connectivity index (χ1) is 35.0. The number of unbranched alkanes of at least 4 members (excludes halogenated alkanes) is 44. The highest BCUT2D eigenvalue weighted by atomic mass is 16.6. The van der Waals surface area contributed by atoms with Crippen LogP contribution in [0.25, 0.3) is 0 Å². The van der Waals surface area contributed by atoms with Crippen molar-refractivity contribution in [1.29, 1.82) is 0 Å². The summed E-state index contributed by atoms with van der Waals surface area (Å²) in [5.41, 5.74) is 0. The van der Waals surface area contributed by atoms with Crippen LogP contribution in [0.1, 0.15) is 355 Å². The molecule has 0 spiro atoms. The molecule has 0 aromatic carbocycles. The quantitative estimate of drug-likeness (QED) is 0.0261. The van der Waals surface area contributed by atoms with E-state index in [0.29, 0.717) is 19.3 Å². The second-order valence-corrected chi connectivity index (χ2v) is 21.7. The van der Waals surface area contributed by atoms with Crippen molar-refractivity contribution in [2.45, 2.75) is 361 Å². The van der Waals surface area contributed by atoms with Crippen molar-refractivity contribution >= 4 is 17.9 Å². The SMILES string of the molecule is CCCCCCC/C=C\C/C=C\CCCCCCCCCCCC(=O)OC(COC(=O)CCCCCCCCCCCC)COC(=O)CCCCCCCCCCCCCCCCCCCCCCCC. The minimum atomic E-state index is -0.769. The topological polar surface area (TPSA) is 78.9 Å². The molecule has 0 radical (unpaired) electrons. The number of hydrogen-bond acceptors (Lipinski definition) is 6. The van der Waals surface area contributed by atoms with Gasteiger partial charge in [0.05, 0.1) is 0 Å². The number of rotatable bonds is 59. The van der Waals surface area contributed by atoms with Gasteiger partial charge in [-0.25, -0.2) is 0 Å². The molecule has 6 nitrogen and oxygen atoms in total. The van der Waals surface area contributed by atoms with Crippen LogP contribution in [-0.4, -0.2) is 37.2 Å². The van der Waals surface area contributed by atoms with E-state index in [2.05, 4.69) is 45.1 Å². The molecular weight excluding hydrogens is 877 g/mol. The second-order valence-electron chi connectivity index (χ2n) is 21.7. The number of allylic oxidation sites excluding steroid dienone is 4. The zero-order valence-corrected chi connectivity index (χ0v) is 48.0. The molecule has 0 saturated carbocycles. The van der Waals surface area contributed by atoms with Gasteiger partial charge in [-0.05, 0) is 51.4 Å². The summed E-state index contributed by atoms with van der Waals surface area (Å²) in [5, 5.41) is 0. The maximum absolute atomic E-state index is 12.9. The number of ether oxygens (including phenoxy) is 3. The molecule has 0 heterocycles. The van der Waals surface area contributed by atoms with Gasteiger partial charge in [-0.2, -0.15) is 0 Å². The van der Waals surface area contributed by atoms with E-state index in [1.54, 1.807) is 0 Å². The molecular formula is C65H122O6. The van der Waals surface area contributed by atoms with Crippen molar-refractivity contribution in [2.24, 2.45) is 0 Å². The average molecular weight is 1000 g/mol. The Hall–Kier alpha value is -2.11. The maximum Gasteiger partial charge on any atom is 0.306 e. The molecule has 418 valence electrons. The number of carbonyl (C=O) groups is 3. The Morgan fingerprint density at radius 2 is 0.507 bits per heavy atom. The molecule has 0 aliphatic carbocycles. The van der Waals surface area contributed by atoms with Gasteiger partial charge >= 0.3 is 17.9 Å². The Kier molecular flexibility index (Phi) is 58.6. The molecule has 0 N–H and O–H groups in total. The summed E-state index contributed by atoms with van der Waals surface area (Å²) in [6, 6.07) is 0. The van der Waals surface area contributed by atoms with Crippen LogP contribution >= 0.6 is 0 Å². The molecule has 6 heteroatoms. The van der Waals surface area contributed by atoms with Crippen molar-refractivity contribution in [2.75, 3.05) is 13.2 Å². The molecule has 1 unspecified atom stereocenters. The fourth-order valence-electron chi connectivity index (χ4n) is 9.65. The third-order valence-corrected chi connectivity index (χ3v) is 14.5. The minimum Gasteiger partial charge on any atom is -0.462 e. The van der Waals surface area contributed by atoms with E-state index in [9.17, 15) is 14.4 Å². The molecule has 1 atom stereocenters.